The van der Waals surface area contributed by atoms with Crippen LogP contribution in [0.15, 0.2) is 42.5 Å². The van der Waals surface area contributed by atoms with Crippen LogP contribution in [0.4, 0.5) is 10.1 Å². The lowest BCUT2D eigenvalue weighted by Crippen LogP contribution is -2.06. The van der Waals surface area contributed by atoms with E-state index in [1.54, 1.807) is 24.3 Å². The molecule has 0 amide bonds. The molecule has 0 aliphatic heterocycles. The number of carbonyl (C=O) groups is 1. The molecule has 104 valence electrons. The van der Waals surface area contributed by atoms with Crippen molar-refractivity contribution in [3.8, 4) is 5.75 Å². The van der Waals surface area contributed by atoms with E-state index < -0.39 is 5.97 Å². The van der Waals surface area contributed by atoms with Gasteiger partial charge in [0.2, 0.25) is 0 Å². The van der Waals surface area contributed by atoms with E-state index in [1.165, 1.54) is 25.3 Å². The summed E-state index contributed by atoms with van der Waals surface area (Å²) in [7, 11) is 1.28. The molecule has 2 aromatic rings. The third kappa shape index (κ3) is 3.26. The van der Waals surface area contributed by atoms with Gasteiger partial charge in [-0.15, -0.1) is 0 Å². The lowest BCUT2D eigenvalue weighted by Gasteiger charge is -2.11. The van der Waals surface area contributed by atoms with Gasteiger partial charge in [0.05, 0.1) is 7.11 Å². The molecule has 0 radical (unpaired) electrons. The van der Waals surface area contributed by atoms with Gasteiger partial charge < -0.3 is 15.2 Å². The summed E-state index contributed by atoms with van der Waals surface area (Å²) in [5.41, 5.74) is 6.97. The van der Waals surface area contributed by atoms with Crippen molar-refractivity contribution in [1.29, 1.82) is 0 Å². The quantitative estimate of drug-likeness (QED) is 0.688. The van der Waals surface area contributed by atoms with Crippen LogP contribution in [0.1, 0.15) is 15.9 Å². The molecule has 2 rings (SSSR count). The van der Waals surface area contributed by atoms with Crippen LogP contribution < -0.4 is 10.5 Å². The van der Waals surface area contributed by atoms with Crippen LogP contribution in [0.2, 0.25) is 0 Å². The predicted molar refractivity (Wildman–Crippen MR) is 72.9 cm³/mol. The number of ether oxygens (including phenoxy) is 2. The number of benzene rings is 2. The van der Waals surface area contributed by atoms with Gasteiger partial charge in [-0.25, -0.2) is 9.18 Å². The molecule has 0 unspecified atom stereocenters. The largest absolute Gasteiger partial charge is 0.488 e. The summed E-state index contributed by atoms with van der Waals surface area (Å²) in [4.78, 5) is 11.6. The highest BCUT2D eigenvalue weighted by Gasteiger charge is 2.13. The monoisotopic (exact) mass is 275 g/mol. The molecule has 0 atom stereocenters. The van der Waals surface area contributed by atoms with Crippen molar-refractivity contribution < 1.29 is 18.7 Å². The van der Waals surface area contributed by atoms with Gasteiger partial charge in [0.15, 0.2) is 0 Å². The molecule has 0 spiro atoms. The highest BCUT2D eigenvalue weighted by Crippen LogP contribution is 2.23. The first-order valence-corrected chi connectivity index (χ1v) is 5.95. The van der Waals surface area contributed by atoms with Crippen molar-refractivity contribution in [2.75, 3.05) is 12.8 Å². The van der Waals surface area contributed by atoms with Gasteiger partial charge in [-0.05, 0) is 35.9 Å². The van der Waals surface area contributed by atoms with Gasteiger partial charge >= 0.3 is 5.97 Å². The molecule has 0 aromatic heterocycles. The Hall–Kier alpha value is -2.56. The van der Waals surface area contributed by atoms with Crippen molar-refractivity contribution >= 4 is 11.7 Å². The molecule has 2 aromatic carbocycles. The van der Waals surface area contributed by atoms with E-state index in [9.17, 15) is 9.18 Å². The number of nitrogens with two attached hydrogens (primary N) is 1. The van der Waals surface area contributed by atoms with E-state index in [4.69, 9.17) is 10.5 Å². The van der Waals surface area contributed by atoms with Crippen molar-refractivity contribution in [2.45, 2.75) is 6.61 Å². The first-order valence-electron chi connectivity index (χ1n) is 5.95. The zero-order valence-corrected chi connectivity index (χ0v) is 10.9. The number of hydrogen-bond acceptors (Lipinski definition) is 4. The van der Waals surface area contributed by atoms with Crippen LogP contribution >= 0.6 is 0 Å². The molecule has 0 aliphatic rings. The van der Waals surface area contributed by atoms with E-state index in [2.05, 4.69) is 4.74 Å². The maximum absolute atomic E-state index is 13.1. The molecular formula is C15H14FNO3. The molecule has 0 heterocycles. The van der Waals surface area contributed by atoms with Crippen molar-refractivity contribution in [2.24, 2.45) is 0 Å². The van der Waals surface area contributed by atoms with Gasteiger partial charge in [0, 0.05) is 5.69 Å². The minimum Gasteiger partial charge on any atom is -0.488 e. The minimum atomic E-state index is -0.536. The number of nitrogen functional groups attached to an aromatic ring is 1. The highest BCUT2D eigenvalue weighted by molar-refractivity contribution is 5.93. The maximum Gasteiger partial charge on any atom is 0.341 e. The number of anilines is 1. The highest BCUT2D eigenvalue weighted by atomic mass is 19.1. The number of hydrogen-bond donors (Lipinski definition) is 1. The number of esters is 1. The van der Waals surface area contributed by atoms with Gasteiger partial charge in [-0.2, -0.15) is 0 Å². The van der Waals surface area contributed by atoms with Gasteiger partial charge in [0.1, 0.15) is 23.7 Å². The third-order valence-electron chi connectivity index (χ3n) is 2.69. The standard InChI is InChI=1S/C15H14FNO3/c1-19-15(18)13-8-12(17)5-6-14(13)20-9-10-3-2-4-11(16)7-10/h2-8H,9,17H2,1H3. The zero-order valence-electron chi connectivity index (χ0n) is 10.9. The van der Waals surface area contributed by atoms with Crippen LogP contribution in [0.5, 0.6) is 5.75 Å². The van der Waals surface area contributed by atoms with Crippen molar-refractivity contribution in [3.63, 3.8) is 0 Å². The average Bonchev–Trinajstić information content (AvgIpc) is 2.45. The third-order valence-corrected chi connectivity index (χ3v) is 2.69. The second kappa shape index (κ2) is 6.06. The summed E-state index contributed by atoms with van der Waals surface area (Å²) in [6.45, 7) is 0.145. The van der Waals surface area contributed by atoms with Gasteiger partial charge in [-0.3, -0.25) is 0 Å². The Kier molecular flexibility index (Phi) is 4.20. The molecule has 0 aliphatic carbocycles. The molecule has 5 heteroatoms. The molecule has 20 heavy (non-hydrogen) atoms. The van der Waals surface area contributed by atoms with Crippen molar-refractivity contribution in [1.82, 2.24) is 0 Å². The normalized spacial score (nSPS) is 10.1. The van der Waals surface area contributed by atoms with E-state index in [0.29, 0.717) is 17.0 Å². The Morgan fingerprint density at radius 2 is 2.05 bits per heavy atom. The molecular weight excluding hydrogens is 261 g/mol. The molecule has 0 saturated carbocycles. The van der Waals surface area contributed by atoms with E-state index >= 15 is 0 Å². The van der Waals surface area contributed by atoms with Crippen LogP contribution in [0.25, 0.3) is 0 Å². The van der Waals surface area contributed by atoms with E-state index in [1.807, 2.05) is 0 Å². The number of halogens is 1. The molecule has 4 nitrogen and oxygen atoms in total. The van der Waals surface area contributed by atoms with E-state index in [0.717, 1.165) is 0 Å². The molecule has 2 N–H and O–H groups in total. The Bertz CT molecular complexity index is 628. The lowest BCUT2D eigenvalue weighted by molar-refractivity contribution is 0.0595. The Morgan fingerprint density at radius 3 is 2.75 bits per heavy atom. The Balaban J connectivity index is 2.19. The average molecular weight is 275 g/mol. The minimum absolute atomic E-state index is 0.145. The smallest absolute Gasteiger partial charge is 0.341 e. The molecule has 0 fully saturated rings. The first-order chi connectivity index (χ1) is 9.60. The predicted octanol–water partition coefficient (Wildman–Crippen LogP) is 2.77. The van der Waals surface area contributed by atoms with Gasteiger partial charge in [-0.1, -0.05) is 12.1 Å². The lowest BCUT2D eigenvalue weighted by atomic mass is 10.1. The Labute approximate surface area is 115 Å². The first kappa shape index (κ1) is 13.9. The van der Waals surface area contributed by atoms with Crippen LogP contribution in [-0.2, 0) is 11.3 Å². The Morgan fingerprint density at radius 1 is 1.25 bits per heavy atom. The van der Waals surface area contributed by atoms with Crippen LogP contribution in [0, 0.1) is 5.82 Å². The molecule has 0 bridgehead atoms. The fourth-order valence-corrected chi connectivity index (χ4v) is 1.73. The SMILES string of the molecule is COC(=O)c1cc(N)ccc1OCc1cccc(F)c1. The summed E-state index contributed by atoms with van der Waals surface area (Å²) >= 11 is 0. The van der Waals surface area contributed by atoms with Gasteiger partial charge in [0.25, 0.3) is 0 Å². The van der Waals surface area contributed by atoms with E-state index in [-0.39, 0.29) is 18.0 Å². The number of carbonyl (C=O) groups excluding carboxylic acids is 1. The number of rotatable bonds is 4. The second-order valence-electron chi connectivity index (χ2n) is 4.17. The zero-order chi connectivity index (χ0) is 14.5. The molecule has 0 saturated heterocycles. The number of methoxy groups -OCH3 is 1. The maximum atomic E-state index is 13.1. The van der Waals surface area contributed by atoms with Crippen molar-refractivity contribution in [3.05, 3.63) is 59.4 Å². The fourth-order valence-electron chi connectivity index (χ4n) is 1.73. The second-order valence-corrected chi connectivity index (χ2v) is 4.17. The topological polar surface area (TPSA) is 61.5 Å². The summed E-state index contributed by atoms with van der Waals surface area (Å²) < 4.78 is 23.3. The summed E-state index contributed by atoms with van der Waals surface area (Å²) in [5.74, 6) is -0.529. The van der Waals surface area contributed by atoms with Crippen LogP contribution in [0.3, 0.4) is 0 Å². The summed E-state index contributed by atoms with van der Waals surface area (Å²) in [6.07, 6.45) is 0. The van der Waals surface area contributed by atoms with Crippen LogP contribution in [-0.4, -0.2) is 13.1 Å². The summed E-state index contributed by atoms with van der Waals surface area (Å²) in [6, 6.07) is 10.7. The fraction of sp³-hybridized carbons (Fsp3) is 0.133. The summed E-state index contributed by atoms with van der Waals surface area (Å²) in [5, 5.41) is 0.